The first-order chi connectivity index (χ1) is 9.27. The second kappa shape index (κ2) is 6.31. The van der Waals surface area contributed by atoms with Gasteiger partial charge >= 0.3 is 0 Å². The molecule has 2 rings (SSSR count). The fraction of sp³-hybridized carbons (Fsp3) is 0. The highest BCUT2D eigenvalue weighted by atomic mass is 16.5. The molecule has 0 aliphatic heterocycles. The van der Waals surface area contributed by atoms with E-state index in [9.17, 15) is 10.2 Å². The number of hydrogen-bond acceptors (Lipinski definition) is 3. The van der Waals surface area contributed by atoms with Crippen LogP contribution < -0.4 is 0 Å². The van der Waals surface area contributed by atoms with Crippen molar-refractivity contribution in [3.05, 3.63) is 84.3 Å². The second-order valence-corrected chi connectivity index (χ2v) is 3.87. The number of rotatable bonds is 4. The molecule has 0 aromatic heterocycles. The summed E-state index contributed by atoms with van der Waals surface area (Å²) in [7, 11) is 0. The Morgan fingerprint density at radius 2 is 1.05 bits per heavy atom. The van der Waals surface area contributed by atoms with Gasteiger partial charge in [0, 0.05) is 11.1 Å². The van der Waals surface area contributed by atoms with Crippen molar-refractivity contribution in [3.63, 3.8) is 0 Å². The van der Waals surface area contributed by atoms with Gasteiger partial charge in [-0.2, -0.15) is 0 Å². The van der Waals surface area contributed by atoms with Gasteiger partial charge in [-0.1, -0.05) is 60.7 Å². The minimum Gasteiger partial charge on any atom is -0.504 e. The molecule has 0 heterocycles. The lowest BCUT2D eigenvalue weighted by Gasteiger charge is -2.01. The molecule has 2 N–H and O–H groups in total. The van der Waals surface area contributed by atoms with Crippen molar-refractivity contribution in [2.75, 3.05) is 0 Å². The van der Waals surface area contributed by atoms with Gasteiger partial charge in [-0.3, -0.25) is 0 Å². The van der Waals surface area contributed by atoms with E-state index in [1.165, 1.54) is 12.5 Å². The monoisotopic (exact) mass is 254 g/mol. The van der Waals surface area contributed by atoms with Crippen LogP contribution in [0.5, 0.6) is 0 Å². The average Bonchev–Trinajstić information content (AvgIpc) is 2.49. The third kappa shape index (κ3) is 3.64. The molecule has 0 atom stereocenters. The predicted octanol–water partition coefficient (Wildman–Crippen LogP) is 4.12. The van der Waals surface area contributed by atoms with Gasteiger partial charge in [0.15, 0.2) is 11.5 Å². The number of benzene rings is 2. The Bertz CT molecular complexity index is 518. The van der Waals surface area contributed by atoms with E-state index >= 15 is 0 Å². The first-order valence-corrected chi connectivity index (χ1v) is 5.82. The van der Waals surface area contributed by atoms with E-state index in [2.05, 4.69) is 0 Å². The molecule has 2 aromatic carbocycles. The van der Waals surface area contributed by atoms with Crippen molar-refractivity contribution in [2.45, 2.75) is 0 Å². The van der Waals surface area contributed by atoms with Gasteiger partial charge in [-0.05, 0) is 0 Å². The van der Waals surface area contributed by atoms with Crippen molar-refractivity contribution in [1.82, 2.24) is 0 Å². The number of aliphatic hydroxyl groups is 2. The highest BCUT2D eigenvalue weighted by Gasteiger charge is 1.98. The first-order valence-electron chi connectivity index (χ1n) is 5.82. The van der Waals surface area contributed by atoms with Crippen molar-refractivity contribution in [3.8, 4) is 0 Å². The molecule has 0 bridgehead atoms. The summed E-state index contributed by atoms with van der Waals surface area (Å²) in [5.74, 6) is -0.00424. The fourth-order valence-corrected chi connectivity index (χ4v) is 1.52. The van der Waals surface area contributed by atoms with Gasteiger partial charge < -0.3 is 14.9 Å². The zero-order valence-electron chi connectivity index (χ0n) is 10.2. The van der Waals surface area contributed by atoms with E-state index < -0.39 is 0 Å². The van der Waals surface area contributed by atoms with Crippen LogP contribution in [0.15, 0.2) is 73.2 Å². The highest BCUT2D eigenvalue weighted by molar-refractivity contribution is 5.58. The zero-order chi connectivity index (χ0) is 13.5. The third-order valence-electron chi connectivity index (χ3n) is 2.50. The molecule has 0 saturated carbocycles. The average molecular weight is 254 g/mol. The Morgan fingerprint density at radius 3 is 1.42 bits per heavy atom. The summed E-state index contributed by atoms with van der Waals surface area (Å²) in [6.45, 7) is 0. The Balaban J connectivity index is 2.03. The lowest BCUT2D eigenvalue weighted by atomic mass is 10.2. The van der Waals surface area contributed by atoms with Crippen molar-refractivity contribution < 1.29 is 14.9 Å². The maximum absolute atomic E-state index is 9.73. The summed E-state index contributed by atoms with van der Waals surface area (Å²) in [5.41, 5.74) is 1.30. The smallest absolute Gasteiger partial charge is 0.157 e. The molecule has 19 heavy (non-hydrogen) atoms. The fourth-order valence-electron chi connectivity index (χ4n) is 1.52. The standard InChI is InChI=1S/C16H14O3/c17-15(13-7-3-1-4-8-13)11-19-12-16(18)14-9-5-2-6-10-14/h1-12,17-18H. The molecule has 0 aliphatic carbocycles. The number of hydrogen-bond donors (Lipinski definition) is 2. The molecule has 0 aliphatic rings. The Labute approximate surface area is 111 Å². The van der Waals surface area contributed by atoms with Gasteiger partial charge in [-0.15, -0.1) is 0 Å². The quantitative estimate of drug-likeness (QED) is 0.807. The molecule has 0 spiro atoms. The van der Waals surface area contributed by atoms with E-state index in [0.29, 0.717) is 11.1 Å². The molecule has 3 heteroatoms. The van der Waals surface area contributed by atoms with E-state index in [0.717, 1.165) is 0 Å². The predicted molar refractivity (Wildman–Crippen MR) is 75.2 cm³/mol. The van der Waals surface area contributed by atoms with Gasteiger partial charge in [-0.25, -0.2) is 0 Å². The van der Waals surface area contributed by atoms with E-state index in [1.54, 1.807) is 24.3 Å². The maximum Gasteiger partial charge on any atom is 0.157 e. The molecule has 0 unspecified atom stereocenters. The zero-order valence-corrected chi connectivity index (χ0v) is 10.2. The summed E-state index contributed by atoms with van der Waals surface area (Å²) < 4.78 is 5.04. The minimum atomic E-state index is -0.00212. The molecule has 3 nitrogen and oxygen atoms in total. The van der Waals surface area contributed by atoms with E-state index in [1.807, 2.05) is 36.4 Å². The molecule has 0 saturated heterocycles. The van der Waals surface area contributed by atoms with Crippen molar-refractivity contribution in [2.24, 2.45) is 0 Å². The van der Waals surface area contributed by atoms with Gasteiger partial charge in [0.05, 0.1) is 0 Å². The molecule has 0 fully saturated rings. The minimum absolute atomic E-state index is 0.00212. The lowest BCUT2D eigenvalue weighted by Crippen LogP contribution is -1.85. The van der Waals surface area contributed by atoms with Crippen LogP contribution in [0.1, 0.15) is 11.1 Å². The van der Waals surface area contributed by atoms with E-state index in [-0.39, 0.29) is 11.5 Å². The van der Waals surface area contributed by atoms with Crippen LogP contribution in [-0.2, 0) is 4.74 Å². The van der Waals surface area contributed by atoms with Gasteiger partial charge in [0.2, 0.25) is 0 Å². The largest absolute Gasteiger partial charge is 0.504 e. The Hall–Kier alpha value is -2.68. The summed E-state index contributed by atoms with van der Waals surface area (Å²) in [4.78, 5) is 0. The highest BCUT2D eigenvalue weighted by Crippen LogP contribution is 2.13. The van der Waals surface area contributed by atoms with Crippen LogP contribution in [0.4, 0.5) is 0 Å². The lowest BCUT2D eigenvalue weighted by molar-refractivity contribution is 0.367. The molecule has 2 aromatic rings. The second-order valence-electron chi connectivity index (χ2n) is 3.87. The van der Waals surface area contributed by atoms with Gasteiger partial charge in [0.25, 0.3) is 0 Å². The van der Waals surface area contributed by atoms with Crippen LogP contribution in [0, 0.1) is 0 Å². The molecule has 0 amide bonds. The summed E-state index contributed by atoms with van der Waals surface area (Å²) >= 11 is 0. The van der Waals surface area contributed by atoms with Crippen LogP contribution >= 0.6 is 0 Å². The topological polar surface area (TPSA) is 49.7 Å². The molecular formula is C16H14O3. The summed E-state index contributed by atoms with van der Waals surface area (Å²) in [6, 6.07) is 18.0. The van der Waals surface area contributed by atoms with E-state index in [4.69, 9.17) is 4.74 Å². The number of ether oxygens (including phenoxy) is 1. The first kappa shape index (κ1) is 12.8. The van der Waals surface area contributed by atoms with Crippen LogP contribution in [0.25, 0.3) is 11.5 Å². The Morgan fingerprint density at radius 1 is 0.684 bits per heavy atom. The Kier molecular flexibility index (Phi) is 4.24. The number of aliphatic hydroxyl groups excluding tert-OH is 2. The molecular weight excluding hydrogens is 240 g/mol. The summed E-state index contributed by atoms with van der Waals surface area (Å²) in [5, 5.41) is 19.5. The molecule has 0 radical (unpaired) electrons. The van der Waals surface area contributed by atoms with Crippen molar-refractivity contribution >= 4 is 11.5 Å². The SMILES string of the molecule is OC(=COC=C(O)c1ccccc1)c1ccccc1. The normalized spacial score (nSPS) is 12.2. The molecule has 96 valence electrons. The van der Waals surface area contributed by atoms with Crippen LogP contribution in [0.3, 0.4) is 0 Å². The maximum atomic E-state index is 9.73. The van der Waals surface area contributed by atoms with Gasteiger partial charge in [0.1, 0.15) is 12.5 Å². The van der Waals surface area contributed by atoms with Crippen LogP contribution in [-0.4, -0.2) is 10.2 Å². The van der Waals surface area contributed by atoms with Crippen molar-refractivity contribution in [1.29, 1.82) is 0 Å². The van der Waals surface area contributed by atoms with Crippen LogP contribution in [0.2, 0.25) is 0 Å². The third-order valence-corrected chi connectivity index (χ3v) is 2.50. The summed E-state index contributed by atoms with van der Waals surface area (Å²) in [6.07, 6.45) is 2.35.